The van der Waals surface area contributed by atoms with Crippen LogP contribution in [0, 0.1) is 11.8 Å². The molecule has 3 unspecified atom stereocenters. The van der Waals surface area contributed by atoms with Crippen LogP contribution >= 0.6 is 11.6 Å². The summed E-state index contributed by atoms with van der Waals surface area (Å²) in [5, 5.41) is 0.791. The van der Waals surface area contributed by atoms with E-state index >= 15 is 0 Å². The average Bonchev–Trinajstić information content (AvgIpc) is 2.36. The van der Waals surface area contributed by atoms with E-state index in [0.717, 1.165) is 23.4 Å². The molecular weight excluding hydrogens is 256 g/mol. The Morgan fingerprint density at radius 2 is 1.79 bits per heavy atom. The number of benzene rings is 1. The molecule has 106 valence electrons. The number of halogens is 1. The lowest BCUT2D eigenvalue weighted by Gasteiger charge is -2.37. The van der Waals surface area contributed by atoms with Gasteiger partial charge in [-0.05, 0) is 36.0 Å². The molecule has 0 spiro atoms. The summed E-state index contributed by atoms with van der Waals surface area (Å²) in [6, 6.07) is 8.13. The summed E-state index contributed by atoms with van der Waals surface area (Å²) in [6.45, 7) is 8.86. The van der Waals surface area contributed by atoms with Crippen LogP contribution in [0.15, 0.2) is 24.3 Å². The summed E-state index contributed by atoms with van der Waals surface area (Å²) in [7, 11) is 0. The summed E-state index contributed by atoms with van der Waals surface area (Å²) < 4.78 is 0. The zero-order chi connectivity index (χ0) is 13.8. The van der Waals surface area contributed by atoms with Gasteiger partial charge in [0.1, 0.15) is 0 Å². The normalized spacial score (nSPS) is 26.3. The second-order valence-electron chi connectivity index (χ2n) is 6.15. The highest BCUT2D eigenvalue weighted by Gasteiger charge is 2.24. The van der Waals surface area contributed by atoms with Crippen molar-refractivity contribution in [1.82, 2.24) is 4.90 Å². The number of likely N-dealkylation sites (tertiary alicyclic amines) is 1. The molecule has 2 rings (SSSR count). The molecule has 1 aromatic carbocycles. The van der Waals surface area contributed by atoms with Gasteiger partial charge in [0, 0.05) is 37.1 Å². The molecule has 0 aliphatic carbocycles. The van der Waals surface area contributed by atoms with Crippen molar-refractivity contribution in [2.24, 2.45) is 17.6 Å². The SMILES string of the molecule is CC1CC(C)CN(CC(CN)c2ccc(Cl)cc2)C1. The Balaban J connectivity index is 2.00. The molecule has 0 radical (unpaired) electrons. The van der Waals surface area contributed by atoms with Crippen molar-refractivity contribution in [1.29, 1.82) is 0 Å². The van der Waals surface area contributed by atoms with Crippen molar-refractivity contribution in [3.8, 4) is 0 Å². The highest BCUT2D eigenvalue weighted by atomic mass is 35.5. The van der Waals surface area contributed by atoms with Gasteiger partial charge in [0.2, 0.25) is 0 Å². The Hall–Kier alpha value is -0.570. The smallest absolute Gasteiger partial charge is 0.0406 e. The zero-order valence-electron chi connectivity index (χ0n) is 12.0. The lowest BCUT2D eigenvalue weighted by molar-refractivity contribution is 0.134. The second-order valence-corrected chi connectivity index (χ2v) is 6.59. The molecule has 0 bridgehead atoms. The molecule has 1 saturated heterocycles. The minimum absolute atomic E-state index is 0.412. The Bertz CT molecular complexity index is 380. The predicted molar refractivity (Wildman–Crippen MR) is 82.6 cm³/mol. The fourth-order valence-corrected chi connectivity index (χ4v) is 3.43. The first-order valence-electron chi connectivity index (χ1n) is 7.26. The number of piperidine rings is 1. The van der Waals surface area contributed by atoms with Gasteiger partial charge < -0.3 is 10.6 Å². The molecule has 3 heteroatoms. The molecule has 0 amide bonds. The van der Waals surface area contributed by atoms with Crippen LogP contribution in [-0.4, -0.2) is 31.1 Å². The maximum absolute atomic E-state index is 5.97. The van der Waals surface area contributed by atoms with Crippen LogP contribution in [0.25, 0.3) is 0 Å². The zero-order valence-corrected chi connectivity index (χ0v) is 12.7. The number of nitrogens with zero attached hydrogens (tertiary/aromatic N) is 1. The van der Waals surface area contributed by atoms with Crippen LogP contribution in [0.4, 0.5) is 0 Å². The van der Waals surface area contributed by atoms with Gasteiger partial charge in [0.15, 0.2) is 0 Å². The monoisotopic (exact) mass is 280 g/mol. The Morgan fingerprint density at radius 1 is 1.21 bits per heavy atom. The number of hydrogen-bond donors (Lipinski definition) is 1. The Kier molecular flexibility index (Phi) is 5.26. The van der Waals surface area contributed by atoms with Gasteiger partial charge in [-0.1, -0.05) is 37.6 Å². The first-order chi connectivity index (χ1) is 9.08. The quantitative estimate of drug-likeness (QED) is 0.916. The standard InChI is InChI=1S/C16H25ClN2/c1-12-7-13(2)10-19(9-12)11-15(8-18)14-3-5-16(17)6-4-14/h3-6,12-13,15H,7-11,18H2,1-2H3. The third-order valence-electron chi connectivity index (χ3n) is 4.05. The number of rotatable bonds is 4. The maximum atomic E-state index is 5.97. The van der Waals surface area contributed by atoms with Crippen molar-refractivity contribution >= 4 is 11.6 Å². The van der Waals surface area contributed by atoms with Crippen molar-refractivity contribution in [2.45, 2.75) is 26.2 Å². The lowest BCUT2D eigenvalue weighted by Crippen LogP contribution is -2.41. The fraction of sp³-hybridized carbons (Fsp3) is 0.625. The first-order valence-corrected chi connectivity index (χ1v) is 7.64. The molecule has 1 aliphatic heterocycles. The van der Waals surface area contributed by atoms with Gasteiger partial charge in [-0.25, -0.2) is 0 Å². The minimum atomic E-state index is 0.412. The van der Waals surface area contributed by atoms with E-state index in [0.29, 0.717) is 12.5 Å². The van der Waals surface area contributed by atoms with Crippen molar-refractivity contribution in [3.63, 3.8) is 0 Å². The minimum Gasteiger partial charge on any atom is -0.330 e. The van der Waals surface area contributed by atoms with E-state index in [4.69, 9.17) is 17.3 Å². The molecule has 1 aromatic rings. The van der Waals surface area contributed by atoms with E-state index in [1.165, 1.54) is 25.1 Å². The summed E-state index contributed by atoms with van der Waals surface area (Å²) in [6.07, 6.45) is 1.35. The third kappa shape index (κ3) is 4.20. The highest BCUT2D eigenvalue weighted by Crippen LogP contribution is 2.24. The van der Waals surface area contributed by atoms with Crippen LogP contribution in [-0.2, 0) is 0 Å². The van der Waals surface area contributed by atoms with E-state index in [-0.39, 0.29) is 0 Å². The molecular formula is C16H25ClN2. The summed E-state index contributed by atoms with van der Waals surface area (Å²) in [5.41, 5.74) is 7.27. The highest BCUT2D eigenvalue weighted by molar-refractivity contribution is 6.30. The van der Waals surface area contributed by atoms with Gasteiger partial charge >= 0.3 is 0 Å². The maximum Gasteiger partial charge on any atom is 0.0406 e. The summed E-state index contributed by atoms with van der Waals surface area (Å²) in [5.74, 6) is 2.01. The Labute approximate surface area is 121 Å². The molecule has 1 fully saturated rings. The molecule has 3 atom stereocenters. The molecule has 2 nitrogen and oxygen atoms in total. The number of hydrogen-bond acceptors (Lipinski definition) is 2. The fourth-order valence-electron chi connectivity index (χ4n) is 3.30. The van der Waals surface area contributed by atoms with Gasteiger partial charge in [-0.3, -0.25) is 0 Å². The topological polar surface area (TPSA) is 29.3 Å². The lowest BCUT2D eigenvalue weighted by atomic mass is 9.90. The van der Waals surface area contributed by atoms with Gasteiger partial charge in [-0.2, -0.15) is 0 Å². The van der Waals surface area contributed by atoms with Crippen molar-refractivity contribution < 1.29 is 0 Å². The molecule has 0 aromatic heterocycles. The third-order valence-corrected chi connectivity index (χ3v) is 4.30. The van der Waals surface area contributed by atoms with E-state index in [1.807, 2.05) is 12.1 Å². The molecule has 1 heterocycles. The van der Waals surface area contributed by atoms with Gasteiger partial charge in [0.05, 0.1) is 0 Å². The van der Waals surface area contributed by atoms with Crippen LogP contribution in [0.1, 0.15) is 31.7 Å². The summed E-state index contributed by atoms with van der Waals surface area (Å²) in [4.78, 5) is 2.57. The Morgan fingerprint density at radius 3 is 2.32 bits per heavy atom. The van der Waals surface area contributed by atoms with E-state index < -0.39 is 0 Å². The molecule has 19 heavy (non-hydrogen) atoms. The van der Waals surface area contributed by atoms with Crippen molar-refractivity contribution in [3.05, 3.63) is 34.9 Å². The summed E-state index contributed by atoms with van der Waals surface area (Å²) >= 11 is 5.95. The van der Waals surface area contributed by atoms with E-state index in [9.17, 15) is 0 Å². The second kappa shape index (κ2) is 6.74. The molecule has 2 N–H and O–H groups in total. The van der Waals surface area contributed by atoms with E-state index in [2.05, 4.69) is 30.9 Å². The largest absolute Gasteiger partial charge is 0.330 e. The number of nitrogens with two attached hydrogens (primary N) is 1. The van der Waals surface area contributed by atoms with Crippen LogP contribution in [0.2, 0.25) is 5.02 Å². The van der Waals surface area contributed by atoms with Crippen LogP contribution in [0.5, 0.6) is 0 Å². The van der Waals surface area contributed by atoms with E-state index in [1.54, 1.807) is 0 Å². The molecule has 0 saturated carbocycles. The average molecular weight is 281 g/mol. The van der Waals surface area contributed by atoms with Gasteiger partial charge in [0.25, 0.3) is 0 Å². The molecule has 1 aliphatic rings. The first kappa shape index (κ1) is 14.8. The van der Waals surface area contributed by atoms with Crippen molar-refractivity contribution in [2.75, 3.05) is 26.2 Å². The van der Waals surface area contributed by atoms with Gasteiger partial charge in [-0.15, -0.1) is 0 Å². The predicted octanol–water partition coefficient (Wildman–Crippen LogP) is 3.36. The van der Waals surface area contributed by atoms with Crippen LogP contribution < -0.4 is 5.73 Å². The van der Waals surface area contributed by atoms with Crippen LogP contribution in [0.3, 0.4) is 0 Å².